The minimum atomic E-state index is -0.705. The molecule has 1 saturated heterocycles. The van der Waals surface area contributed by atoms with Crippen molar-refractivity contribution in [3.8, 4) is 0 Å². The number of nitrogens with one attached hydrogen (secondary N) is 1. The molecule has 90 valence electrons. The summed E-state index contributed by atoms with van der Waals surface area (Å²) in [5, 5.41) is 15.6. The van der Waals surface area contributed by atoms with Crippen molar-refractivity contribution in [1.29, 1.82) is 0 Å². The summed E-state index contributed by atoms with van der Waals surface area (Å²) in [5.74, 6) is 0. The van der Waals surface area contributed by atoms with E-state index in [1.54, 1.807) is 11.3 Å². The van der Waals surface area contributed by atoms with Crippen LogP contribution in [0.1, 0.15) is 18.2 Å². The fourth-order valence-corrected chi connectivity index (χ4v) is 3.31. The summed E-state index contributed by atoms with van der Waals surface area (Å²) in [4.78, 5) is 1.26. The maximum atomic E-state index is 10.3. The molecule has 0 spiro atoms. The van der Waals surface area contributed by atoms with E-state index in [1.807, 2.05) is 13.0 Å². The summed E-state index contributed by atoms with van der Waals surface area (Å²) in [6.07, 6.45) is 0.638. The first-order chi connectivity index (χ1) is 7.62. The first-order valence-electron chi connectivity index (χ1n) is 5.38. The number of halogens is 1. The summed E-state index contributed by atoms with van der Waals surface area (Å²) in [7, 11) is 0. The predicted octanol–water partition coefficient (Wildman–Crippen LogP) is 2.14. The Morgan fingerprint density at radius 2 is 2.56 bits per heavy atom. The van der Waals surface area contributed by atoms with Crippen molar-refractivity contribution >= 4 is 27.3 Å². The third kappa shape index (κ3) is 2.65. The summed E-state index contributed by atoms with van der Waals surface area (Å²) >= 11 is 5.20. The zero-order chi connectivity index (χ0) is 11.6. The molecule has 0 amide bonds. The standard InChI is InChI=1S/C11H16BrNO2S/c1-8-11(14,3-4-15-8)7-13-6-10-9(12)2-5-16-10/h2,5,8,13-14H,3-4,6-7H2,1H3. The van der Waals surface area contributed by atoms with Crippen molar-refractivity contribution < 1.29 is 9.84 Å². The highest BCUT2D eigenvalue weighted by atomic mass is 79.9. The van der Waals surface area contributed by atoms with E-state index in [9.17, 15) is 5.11 Å². The number of rotatable bonds is 4. The van der Waals surface area contributed by atoms with Crippen molar-refractivity contribution in [3.63, 3.8) is 0 Å². The molecule has 0 saturated carbocycles. The van der Waals surface area contributed by atoms with Crippen LogP contribution >= 0.6 is 27.3 Å². The summed E-state index contributed by atoms with van der Waals surface area (Å²) in [6, 6.07) is 2.04. The van der Waals surface area contributed by atoms with Gasteiger partial charge in [-0.2, -0.15) is 0 Å². The van der Waals surface area contributed by atoms with Gasteiger partial charge in [0.15, 0.2) is 0 Å². The topological polar surface area (TPSA) is 41.5 Å². The molecule has 0 bridgehead atoms. The van der Waals surface area contributed by atoms with Crippen molar-refractivity contribution in [2.45, 2.75) is 31.6 Å². The van der Waals surface area contributed by atoms with Crippen LogP contribution < -0.4 is 5.32 Å². The molecular weight excluding hydrogens is 290 g/mol. The highest BCUT2D eigenvalue weighted by Gasteiger charge is 2.38. The highest BCUT2D eigenvalue weighted by molar-refractivity contribution is 9.10. The average molecular weight is 306 g/mol. The SMILES string of the molecule is CC1OCCC1(O)CNCc1sccc1Br. The van der Waals surface area contributed by atoms with Crippen LogP contribution in [0.5, 0.6) is 0 Å². The number of thiophene rings is 1. The number of hydrogen-bond acceptors (Lipinski definition) is 4. The fourth-order valence-electron chi connectivity index (χ4n) is 1.85. The van der Waals surface area contributed by atoms with Crippen LogP contribution in [0.25, 0.3) is 0 Å². The Morgan fingerprint density at radius 3 is 3.12 bits per heavy atom. The van der Waals surface area contributed by atoms with Crippen LogP contribution in [0, 0.1) is 0 Å². The Hall–Kier alpha value is 0.0600. The largest absolute Gasteiger partial charge is 0.386 e. The molecule has 2 unspecified atom stereocenters. The van der Waals surface area contributed by atoms with E-state index in [0.717, 1.165) is 11.0 Å². The molecule has 1 aliphatic heterocycles. The molecule has 2 heterocycles. The molecule has 2 rings (SSSR count). The molecule has 1 aliphatic rings. The van der Waals surface area contributed by atoms with Gasteiger partial charge in [-0.1, -0.05) is 0 Å². The van der Waals surface area contributed by atoms with Crippen LogP contribution in [0.2, 0.25) is 0 Å². The average Bonchev–Trinajstić information content (AvgIpc) is 2.77. The van der Waals surface area contributed by atoms with Crippen LogP contribution in [-0.2, 0) is 11.3 Å². The predicted molar refractivity (Wildman–Crippen MR) is 68.7 cm³/mol. The van der Waals surface area contributed by atoms with E-state index in [0.29, 0.717) is 19.6 Å². The van der Waals surface area contributed by atoms with Gasteiger partial charge >= 0.3 is 0 Å². The van der Waals surface area contributed by atoms with Gasteiger partial charge in [-0.25, -0.2) is 0 Å². The minimum Gasteiger partial charge on any atom is -0.386 e. The molecule has 5 heteroatoms. The molecule has 1 aromatic rings. The molecule has 16 heavy (non-hydrogen) atoms. The van der Waals surface area contributed by atoms with Crippen molar-refractivity contribution in [2.24, 2.45) is 0 Å². The van der Waals surface area contributed by atoms with Gasteiger partial charge < -0.3 is 15.2 Å². The zero-order valence-electron chi connectivity index (χ0n) is 9.20. The number of aliphatic hydroxyl groups is 1. The van der Waals surface area contributed by atoms with Crippen molar-refractivity contribution in [3.05, 3.63) is 20.8 Å². The number of ether oxygens (including phenoxy) is 1. The molecule has 0 radical (unpaired) electrons. The Kier molecular flexibility index (Phi) is 4.02. The Labute approximate surface area is 108 Å². The molecule has 0 aliphatic carbocycles. The Balaban J connectivity index is 1.82. The van der Waals surface area contributed by atoms with Gasteiger partial charge in [0.2, 0.25) is 0 Å². The van der Waals surface area contributed by atoms with Gasteiger partial charge in [0.25, 0.3) is 0 Å². The summed E-state index contributed by atoms with van der Waals surface area (Å²) in [6.45, 7) is 3.95. The molecule has 0 aromatic carbocycles. The van der Waals surface area contributed by atoms with E-state index in [4.69, 9.17) is 4.74 Å². The smallest absolute Gasteiger partial charge is 0.105 e. The number of hydrogen-bond donors (Lipinski definition) is 2. The maximum Gasteiger partial charge on any atom is 0.105 e. The maximum absolute atomic E-state index is 10.3. The molecule has 2 N–H and O–H groups in total. The third-order valence-electron chi connectivity index (χ3n) is 3.07. The molecule has 3 nitrogen and oxygen atoms in total. The summed E-state index contributed by atoms with van der Waals surface area (Å²) < 4.78 is 6.52. The highest BCUT2D eigenvalue weighted by Crippen LogP contribution is 2.26. The second-order valence-electron chi connectivity index (χ2n) is 4.16. The van der Waals surface area contributed by atoms with Gasteiger partial charge in [-0.15, -0.1) is 11.3 Å². The van der Waals surface area contributed by atoms with E-state index in [-0.39, 0.29) is 6.10 Å². The van der Waals surface area contributed by atoms with Crippen molar-refractivity contribution in [1.82, 2.24) is 5.32 Å². The van der Waals surface area contributed by atoms with Gasteiger partial charge in [-0.3, -0.25) is 0 Å². The molecule has 1 fully saturated rings. The van der Waals surface area contributed by atoms with Crippen LogP contribution in [0.4, 0.5) is 0 Å². The lowest BCUT2D eigenvalue weighted by Crippen LogP contribution is -2.45. The van der Waals surface area contributed by atoms with Gasteiger partial charge in [-0.05, 0) is 34.3 Å². The summed E-state index contributed by atoms with van der Waals surface area (Å²) in [5.41, 5.74) is -0.705. The fraction of sp³-hybridized carbons (Fsp3) is 0.636. The molecular formula is C11H16BrNO2S. The normalized spacial score (nSPS) is 29.8. The van der Waals surface area contributed by atoms with Gasteiger partial charge in [0, 0.05) is 35.5 Å². The van der Waals surface area contributed by atoms with E-state index < -0.39 is 5.60 Å². The van der Waals surface area contributed by atoms with E-state index in [1.165, 1.54) is 4.88 Å². The zero-order valence-corrected chi connectivity index (χ0v) is 11.6. The minimum absolute atomic E-state index is 0.0771. The van der Waals surface area contributed by atoms with E-state index >= 15 is 0 Å². The third-order valence-corrected chi connectivity index (χ3v) is 4.99. The molecule has 2 atom stereocenters. The van der Waals surface area contributed by atoms with E-state index in [2.05, 4.69) is 26.6 Å². The lowest BCUT2D eigenvalue weighted by molar-refractivity contribution is -0.0262. The second-order valence-corrected chi connectivity index (χ2v) is 6.02. The van der Waals surface area contributed by atoms with Crippen molar-refractivity contribution in [2.75, 3.05) is 13.2 Å². The lowest BCUT2D eigenvalue weighted by atomic mass is 9.97. The Morgan fingerprint density at radius 1 is 1.75 bits per heavy atom. The van der Waals surface area contributed by atoms with Crippen LogP contribution in [0.3, 0.4) is 0 Å². The van der Waals surface area contributed by atoms with Crippen LogP contribution in [-0.4, -0.2) is 30.0 Å². The lowest BCUT2D eigenvalue weighted by Gasteiger charge is -2.26. The Bertz CT molecular complexity index is 358. The van der Waals surface area contributed by atoms with Gasteiger partial charge in [0.1, 0.15) is 5.60 Å². The van der Waals surface area contributed by atoms with Gasteiger partial charge in [0.05, 0.1) is 6.10 Å². The first-order valence-corrected chi connectivity index (χ1v) is 7.06. The van der Waals surface area contributed by atoms with Crippen LogP contribution in [0.15, 0.2) is 15.9 Å². The first kappa shape index (κ1) is 12.5. The monoisotopic (exact) mass is 305 g/mol. The quantitative estimate of drug-likeness (QED) is 0.895. The second kappa shape index (κ2) is 5.14. The molecule has 1 aromatic heterocycles.